The van der Waals surface area contributed by atoms with E-state index in [4.69, 9.17) is 0 Å². The van der Waals surface area contributed by atoms with Gasteiger partial charge < -0.3 is 15.4 Å². The predicted molar refractivity (Wildman–Crippen MR) is 126 cm³/mol. The SMILES string of the molecule is CN1C(C)(C)CC(Nc2ccc(N=Cc3c(O)[nH]c4ccc(F)cc34)cc2)CC1(C)C. The third kappa shape index (κ3) is 4.30. The van der Waals surface area contributed by atoms with E-state index in [-0.39, 0.29) is 22.8 Å². The second-order valence-electron chi connectivity index (χ2n) is 9.82. The van der Waals surface area contributed by atoms with Crippen molar-refractivity contribution in [3.05, 3.63) is 53.8 Å². The highest BCUT2D eigenvalue weighted by molar-refractivity contribution is 6.02. The van der Waals surface area contributed by atoms with Crippen LogP contribution in [0.5, 0.6) is 5.88 Å². The molecule has 0 amide bonds. The van der Waals surface area contributed by atoms with Gasteiger partial charge in [0.1, 0.15) is 5.82 Å². The molecule has 6 heteroatoms. The summed E-state index contributed by atoms with van der Waals surface area (Å²) < 4.78 is 13.6. The highest BCUT2D eigenvalue weighted by Crippen LogP contribution is 2.38. The Labute approximate surface area is 183 Å². The van der Waals surface area contributed by atoms with Gasteiger partial charge in [0.2, 0.25) is 0 Å². The monoisotopic (exact) mass is 422 g/mol. The number of aromatic amines is 1. The molecule has 0 bridgehead atoms. The first-order chi connectivity index (χ1) is 14.5. The molecule has 0 saturated carbocycles. The van der Waals surface area contributed by atoms with Crippen LogP contribution in [-0.2, 0) is 0 Å². The molecule has 0 radical (unpaired) electrons. The summed E-state index contributed by atoms with van der Waals surface area (Å²) in [6.45, 7) is 9.19. The van der Waals surface area contributed by atoms with Crippen LogP contribution in [0.15, 0.2) is 47.5 Å². The lowest BCUT2D eigenvalue weighted by atomic mass is 9.77. The average Bonchev–Trinajstić information content (AvgIpc) is 2.99. The maximum atomic E-state index is 13.6. The lowest BCUT2D eigenvalue weighted by Crippen LogP contribution is -2.61. The maximum Gasteiger partial charge on any atom is 0.198 e. The number of aliphatic imine (C=N–C) groups is 1. The van der Waals surface area contributed by atoms with Crippen molar-refractivity contribution in [1.29, 1.82) is 0 Å². The minimum atomic E-state index is -0.350. The minimum absolute atomic E-state index is 0.0184. The molecule has 2 heterocycles. The molecule has 1 aliphatic heterocycles. The number of nitrogens with one attached hydrogen (secondary N) is 2. The summed E-state index contributed by atoms with van der Waals surface area (Å²) in [4.78, 5) is 9.79. The van der Waals surface area contributed by atoms with Gasteiger partial charge in [-0.15, -0.1) is 0 Å². The Balaban J connectivity index is 1.48. The molecule has 164 valence electrons. The summed E-state index contributed by atoms with van der Waals surface area (Å²) in [6.07, 6.45) is 3.71. The van der Waals surface area contributed by atoms with Gasteiger partial charge in [-0.1, -0.05) is 0 Å². The molecule has 3 aromatic rings. The lowest BCUT2D eigenvalue weighted by Gasteiger charge is -2.53. The number of likely N-dealkylation sites (tertiary alicyclic amines) is 1. The van der Waals surface area contributed by atoms with Gasteiger partial charge in [0.25, 0.3) is 0 Å². The van der Waals surface area contributed by atoms with E-state index < -0.39 is 0 Å². The van der Waals surface area contributed by atoms with E-state index in [9.17, 15) is 9.50 Å². The minimum Gasteiger partial charge on any atom is -0.494 e. The molecular formula is C25H31FN4O. The van der Waals surface area contributed by atoms with Gasteiger partial charge in [-0.2, -0.15) is 0 Å². The number of hydrogen-bond acceptors (Lipinski definition) is 4. The summed E-state index contributed by atoms with van der Waals surface area (Å²) in [6, 6.07) is 12.7. The van der Waals surface area contributed by atoms with Crippen molar-refractivity contribution in [1.82, 2.24) is 9.88 Å². The smallest absolute Gasteiger partial charge is 0.198 e. The zero-order valence-corrected chi connectivity index (χ0v) is 18.8. The van der Waals surface area contributed by atoms with Crippen LogP contribution in [-0.4, -0.2) is 45.4 Å². The molecule has 1 saturated heterocycles. The molecule has 1 aromatic heterocycles. The highest BCUT2D eigenvalue weighted by atomic mass is 19.1. The number of nitrogens with zero attached hydrogens (tertiary/aromatic N) is 2. The lowest BCUT2D eigenvalue weighted by molar-refractivity contribution is -0.00767. The fourth-order valence-electron chi connectivity index (χ4n) is 4.79. The zero-order valence-electron chi connectivity index (χ0n) is 18.8. The summed E-state index contributed by atoms with van der Waals surface area (Å²) in [7, 11) is 2.21. The van der Waals surface area contributed by atoms with E-state index in [1.54, 1.807) is 12.3 Å². The van der Waals surface area contributed by atoms with E-state index in [0.29, 0.717) is 22.5 Å². The van der Waals surface area contributed by atoms with Crippen molar-refractivity contribution >= 4 is 28.5 Å². The fourth-order valence-corrected chi connectivity index (χ4v) is 4.79. The van der Waals surface area contributed by atoms with Crippen LogP contribution in [0.4, 0.5) is 15.8 Å². The van der Waals surface area contributed by atoms with E-state index in [2.05, 4.69) is 54.9 Å². The number of H-pyrrole nitrogens is 1. The molecule has 1 fully saturated rings. The normalized spacial score (nSPS) is 19.3. The van der Waals surface area contributed by atoms with Crippen LogP contribution < -0.4 is 5.32 Å². The van der Waals surface area contributed by atoms with Crippen molar-refractivity contribution in [2.45, 2.75) is 57.7 Å². The standard InChI is InChI=1S/C25H31FN4O/c1-24(2)13-19(14-25(3,4)30(24)5)28-18-9-7-17(8-10-18)27-15-21-20-12-16(26)6-11-22(20)29-23(21)31/h6-12,15,19,28-29,31H,13-14H2,1-5H3. The molecule has 0 aliphatic carbocycles. The first kappa shape index (κ1) is 21.4. The summed E-state index contributed by atoms with van der Waals surface area (Å²) in [5.74, 6) is -0.369. The number of aromatic nitrogens is 1. The van der Waals surface area contributed by atoms with Crippen molar-refractivity contribution in [3.63, 3.8) is 0 Å². The largest absolute Gasteiger partial charge is 0.494 e. The Morgan fingerprint density at radius 2 is 1.74 bits per heavy atom. The van der Waals surface area contributed by atoms with Gasteiger partial charge in [0, 0.05) is 39.9 Å². The van der Waals surface area contributed by atoms with Crippen LogP contribution in [0.25, 0.3) is 10.9 Å². The van der Waals surface area contributed by atoms with Crippen molar-refractivity contribution in [3.8, 4) is 5.88 Å². The third-order valence-electron chi connectivity index (χ3n) is 6.67. The second kappa shape index (κ2) is 7.68. The van der Waals surface area contributed by atoms with Gasteiger partial charge in [-0.05, 0) is 90.0 Å². The molecule has 5 nitrogen and oxygen atoms in total. The number of halogens is 1. The average molecular weight is 423 g/mol. The fraction of sp³-hybridized carbons (Fsp3) is 0.400. The zero-order chi connectivity index (χ0) is 22.4. The summed E-state index contributed by atoms with van der Waals surface area (Å²) >= 11 is 0. The van der Waals surface area contributed by atoms with E-state index in [0.717, 1.165) is 24.2 Å². The van der Waals surface area contributed by atoms with Gasteiger partial charge >= 0.3 is 0 Å². The summed E-state index contributed by atoms with van der Waals surface area (Å²) in [5, 5.41) is 14.4. The van der Waals surface area contributed by atoms with Gasteiger partial charge in [-0.25, -0.2) is 4.39 Å². The third-order valence-corrected chi connectivity index (χ3v) is 6.67. The quantitative estimate of drug-likeness (QED) is 0.464. The van der Waals surface area contributed by atoms with Crippen molar-refractivity contribution in [2.75, 3.05) is 12.4 Å². The maximum absolute atomic E-state index is 13.6. The van der Waals surface area contributed by atoms with Crippen LogP contribution in [0.2, 0.25) is 0 Å². The van der Waals surface area contributed by atoms with Crippen LogP contribution in [0, 0.1) is 5.82 Å². The molecule has 1 aliphatic rings. The number of fused-ring (bicyclic) bond motifs is 1. The highest BCUT2D eigenvalue weighted by Gasteiger charge is 2.42. The van der Waals surface area contributed by atoms with Crippen molar-refractivity contribution in [2.24, 2.45) is 4.99 Å². The van der Waals surface area contributed by atoms with Crippen LogP contribution >= 0.6 is 0 Å². The molecule has 0 spiro atoms. The van der Waals surface area contributed by atoms with E-state index in [1.165, 1.54) is 12.1 Å². The molecular weight excluding hydrogens is 391 g/mol. The van der Waals surface area contributed by atoms with Crippen LogP contribution in [0.3, 0.4) is 0 Å². The number of rotatable bonds is 4. The number of piperidine rings is 1. The van der Waals surface area contributed by atoms with Gasteiger partial charge in [-0.3, -0.25) is 9.89 Å². The molecule has 2 aromatic carbocycles. The number of benzene rings is 2. The second-order valence-corrected chi connectivity index (χ2v) is 9.82. The summed E-state index contributed by atoms with van der Waals surface area (Å²) in [5.41, 5.74) is 3.24. The topological polar surface area (TPSA) is 63.6 Å². The Morgan fingerprint density at radius 3 is 2.39 bits per heavy atom. The number of anilines is 1. The van der Waals surface area contributed by atoms with Crippen LogP contribution in [0.1, 0.15) is 46.1 Å². The van der Waals surface area contributed by atoms with Gasteiger partial charge in [0.15, 0.2) is 5.88 Å². The van der Waals surface area contributed by atoms with Gasteiger partial charge in [0.05, 0.1) is 11.3 Å². The first-order valence-electron chi connectivity index (χ1n) is 10.7. The number of aromatic hydroxyl groups is 1. The molecule has 0 atom stereocenters. The van der Waals surface area contributed by atoms with Crippen molar-refractivity contribution < 1.29 is 9.50 Å². The Kier molecular flexibility index (Phi) is 5.30. The predicted octanol–water partition coefficient (Wildman–Crippen LogP) is 5.83. The molecule has 31 heavy (non-hydrogen) atoms. The van der Waals surface area contributed by atoms with E-state index >= 15 is 0 Å². The Morgan fingerprint density at radius 1 is 1.10 bits per heavy atom. The number of hydrogen-bond donors (Lipinski definition) is 3. The van der Waals surface area contributed by atoms with E-state index in [1.807, 2.05) is 24.3 Å². The Bertz CT molecular complexity index is 1100. The molecule has 4 rings (SSSR count). The molecule has 0 unspecified atom stereocenters. The first-order valence-corrected chi connectivity index (χ1v) is 10.7. The Hall–Kier alpha value is -2.86. The molecule has 3 N–H and O–H groups in total.